The summed E-state index contributed by atoms with van der Waals surface area (Å²) in [7, 11) is 0. The maximum absolute atomic E-state index is 13.3. The number of anilines is 1. The summed E-state index contributed by atoms with van der Waals surface area (Å²) in [5, 5.41) is 9.05. The van der Waals surface area contributed by atoms with Gasteiger partial charge in [0.2, 0.25) is 0 Å². The van der Waals surface area contributed by atoms with Crippen molar-refractivity contribution in [1.82, 2.24) is 0 Å². The van der Waals surface area contributed by atoms with Gasteiger partial charge in [-0.05, 0) is 36.6 Å². The van der Waals surface area contributed by atoms with Crippen LogP contribution in [-0.2, 0) is 6.61 Å². The third-order valence-corrected chi connectivity index (χ3v) is 2.77. The van der Waals surface area contributed by atoms with Gasteiger partial charge in [-0.3, -0.25) is 0 Å². The van der Waals surface area contributed by atoms with Gasteiger partial charge in [0.15, 0.2) is 0 Å². The second-order valence-electron chi connectivity index (χ2n) is 4.15. The highest BCUT2D eigenvalue weighted by Crippen LogP contribution is 2.32. The van der Waals surface area contributed by atoms with E-state index in [1.165, 1.54) is 12.1 Å². The van der Waals surface area contributed by atoms with Crippen LogP contribution in [0.25, 0.3) is 0 Å². The lowest BCUT2D eigenvalue weighted by Crippen LogP contribution is -2.25. The molecule has 0 bridgehead atoms. The van der Waals surface area contributed by atoms with E-state index in [0.29, 0.717) is 11.6 Å². The van der Waals surface area contributed by atoms with Crippen LogP contribution in [0.5, 0.6) is 0 Å². The molecule has 0 heterocycles. The first-order valence-electron chi connectivity index (χ1n) is 5.52. The lowest BCUT2D eigenvalue weighted by atomic mass is 10.2. The van der Waals surface area contributed by atoms with Gasteiger partial charge in [0.1, 0.15) is 5.82 Å². The monoisotopic (exact) mass is 221 g/mol. The van der Waals surface area contributed by atoms with Crippen molar-refractivity contribution in [1.29, 1.82) is 0 Å². The lowest BCUT2D eigenvalue weighted by Gasteiger charge is -2.23. The molecule has 0 spiro atoms. The molecule has 2 rings (SSSR count). The number of aliphatic hydroxyl groups excluding tert-OH is 1. The van der Waals surface area contributed by atoms with Gasteiger partial charge in [0, 0.05) is 18.3 Å². The number of nitrogens with zero attached hydrogens (tertiary/aromatic N) is 1. The smallest absolute Gasteiger partial charge is 0.125 e. The topological polar surface area (TPSA) is 23.5 Å². The van der Waals surface area contributed by atoms with Crippen molar-refractivity contribution in [3.05, 3.63) is 42.2 Å². The summed E-state index contributed by atoms with van der Waals surface area (Å²) in [6.07, 6.45) is 4.12. The van der Waals surface area contributed by atoms with Gasteiger partial charge >= 0.3 is 0 Å². The second kappa shape index (κ2) is 4.66. The Bertz CT molecular complexity index is 388. The predicted molar refractivity (Wildman–Crippen MR) is 62.9 cm³/mol. The van der Waals surface area contributed by atoms with E-state index in [-0.39, 0.29) is 12.4 Å². The molecule has 1 aliphatic carbocycles. The van der Waals surface area contributed by atoms with Crippen LogP contribution >= 0.6 is 0 Å². The van der Waals surface area contributed by atoms with E-state index in [1.54, 1.807) is 0 Å². The zero-order chi connectivity index (χ0) is 11.5. The lowest BCUT2D eigenvalue weighted by molar-refractivity contribution is 0.281. The Morgan fingerprint density at radius 3 is 2.75 bits per heavy atom. The maximum atomic E-state index is 13.3. The largest absolute Gasteiger partial charge is 0.392 e. The molecule has 0 aliphatic heterocycles. The average Bonchev–Trinajstić information content (AvgIpc) is 3.08. The van der Waals surface area contributed by atoms with E-state index in [2.05, 4.69) is 11.5 Å². The van der Waals surface area contributed by atoms with Crippen LogP contribution in [0.15, 0.2) is 30.9 Å². The molecule has 0 amide bonds. The molecular formula is C13H16FNO. The third-order valence-electron chi connectivity index (χ3n) is 2.77. The van der Waals surface area contributed by atoms with Gasteiger partial charge in [-0.25, -0.2) is 4.39 Å². The molecule has 1 aromatic rings. The SMILES string of the molecule is C=CCN(c1cc(F)cc(CO)c1)C1CC1. The molecule has 0 radical (unpaired) electrons. The van der Waals surface area contributed by atoms with Crippen LogP contribution in [0, 0.1) is 5.82 Å². The Balaban J connectivity index is 2.28. The summed E-state index contributed by atoms with van der Waals surface area (Å²) in [6.45, 7) is 4.31. The molecule has 1 N–H and O–H groups in total. The highest BCUT2D eigenvalue weighted by Gasteiger charge is 2.28. The van der Waals surface area contributed by atoms with E-state index in [1.807, 2.05) is 12.1 Å². The number of rotatable bonds is 5. The minimum absolute atomic E-state index is 0.128. The van der Waals surface area contributed by atoms with E-state index in [0.717, 1.165) is 25.1 Å². The van der Waals surface area contributed by atoms with Crippen molar-refractivity contribution < 1.29 is 9.50 Å². The number of benzene rings is 1. The van der Waals surface area contributed by atoms with E-state index in [9.17, 15) is 4.39 Å². The Morgan fingerprint density at radius 1 is 1.44 bits per heavy atom. The van der Waals surface area contributed by atoms with Crippen molar-refractivity contribution in [3.8, 4) is 0 Å². The van der Waals surface area contributed by atoms with E-state index >= 15 is 0 Å². The van der Waals surface area contributed by atoms with Crippen LogP contribution in [0.3, 0.4) is 0 Å². The highest BCUT2D eigenvalue weighted by atomic mass is 19.1. The third kappa shape index (κ3) is 2.42. The summed E-state index contributed by atoms with van der Waals surface area (Å²) in [5.41, 5.74) is 1.45. The van der Waals surface area contributed by atoms with Crippen LogP contribution in [0.4, 0.5) is 10.1 Å². The zero-order valence-corrected chi connectivity index (χ0v) is 9.19. The molecule has 2 nitrogen and oxygen atoms in total. The number of aliphatic hydroxyl groups is 1. The number of halogens is 1. The molecule has 1 fully saturated rings. The van der Waals surface area contributed by atoms with E-state index < -0.39 is 0 Å². The molecule has 86 valence electrons. The van der Waals surface area contributed by atoms with Crippen molar-refractivity contribution in [2.24, 2.45) is 0 Å². The Hall–Kier alpha value is -1.35. The standard InChI is InChI=1S/C13H16FNO/c1-2-5-15(12-3-4-12)13-7-10(9-16)6-11(14)8-13/h2,6-8,12,16H,1,3-5,9H2. The Labute approximate surface area is 95.0 Å². The first-order chi connectivity index (χ1) is 7.74. The van der Waals surface area contributed by atoms with Crippen LogP contribution < -0.4 is 4.90 Å². The molecule has 1 aliphatic rings. The normalized spacial score (nSPS) is 14.9. The van der Waals surface area contributed by atoms with Crippen LogP contribution in [0.1, 0.15) is 18.4 Å². The fourth-order valence-electron chi connectivity index (χ4n) is 1.88. The minimum Gasteiger partial charge on any atom is -0.392 e. The molecule has 16 heavy (non-hydrogen) atoms. The Kier molecular flexibility index (Phi) is 3.25. The second-order valence-corrected chi connectivity index (χ2v) is 4.15. The van der Waals surface area contributed by atoms with Crippen molar-refractivity contribution >= 4 is 5.69 Å². The van der Waals surface area contributed by atoms with Crippen molar-refractivity contribution in [2.45, 2.75) is 25.5 Å². The van der Waals surface area contributed by atoms with Gasteiger partial charge < -0.3 is 10.0 Å². The van der Waals surface area contributed by atoms with Crippen LogP contribution in [-0.4, -0.2) is 17.7 Å². The van der Waals surface area contributed by atoms with Crippen molar-refractivity contribution in [2.75, 3.05) is 11.4 Å². The van der Waals surface area contributed by atoms with Gasteiger partial charge in [-0.15, -0.1) is 6.58 Å². The molecular weight excluding hydrogens is 205 g/mol. The Morgan fingerprint density at radius 2 is 2.19 bits per heavy atom. The van der Waals surface area contributed by atoms with Gasteiger partial charge in [-0.1, -0.05) is 6.08 Å². The molecule has 0 aromatic heterocycles. The first kappa shape index (κ1) is 11.1. The summed E-state index contributed by atoms with van der Waals surface area (Å²) in [6, 6.07) is 5.22. The number of hydrogen-bond acceptors (Lipinski definition) is 2. The molecule has 0 saturated heterocycles. The predicted octanol–water partition coefficient (Wildman–Crippen LogP) is 2.47. The van der Waals surface area contributed by atoms with Gasteiger partial charge in [-0.2, -0.15) is 0 Å². The fraction of sp³-hybridized carbons (Fsp3) is 0.385. The molecule has 1 saturated carbocycles. The van der Waals surface area contributed by atoms with E-state index in [4.69, 9.17) is 5.11 Å². The molecule has 3 heteroatoms. The molecule has 0 unspecified atom stereocenters. The zero-order valence-electron chi connectivity index (χ0n) is 9.19. The fourth-order valence-corrected chi connectivity index (χ4v) is 1.88. The average molecular weight is 221 g/mol. The molecule has 1 aromatic carbocycles. The quantitative estimate of drug-likeness (QED) is 0.772. The van der Waals surface area contributed by atoms with Crippen molar-refractivity contribution in [3.63, 3.8) is 0 Å². The summed E-state index contributed by atoms with van der Waals surface area (Å²) in [5.74, 6) is -0.295. The minimum atomic E-state index is -0.295. The highest BCUT2D eigenvalue weighted by molar-refractivity contribution is 5.51. The maximum Gasteiger partial charge on any atom is 0.125 e. The summed E-state index contributed by atoms with van der Waals surface area (Å²) in [4.78, 5) is 2.13. The first-order valence-corrected chi connectivity index (χ1v) is 5.52. The molecule has 0 atom stereocenters. The van der Waals surface area contributed by atoms with Gasteiger partial charge in [0.25, 0.3) is 0 Å². The van der Waals surface area contributed by atoms with Gasteiger partial charge in [0.05, 0.1) is 6.61 Å². The van der Waals surface area contributed by atoms with Crippen LogP contribution in [0.2, 0.25) is 0 Å². The number of hydrogen-bond donors (Lipinski definition) is 1. The summed E-state index contributed by atoms with van der Waals surface area (Å²) < 4.78 is 13.3. The summed E-state index contributed by atoms with van der Waals surface area (Å²) >= 11 is 0.